The quantitative estimate of drug-likeness (QED) is 0.834. The molecule has 1 saturated heterocycles. The predicted molar refractivity (Wildman–Crippen MR) is 77.0 cm³/mol. The van der Waals surface area contributed by atoms with Crippen LogP contribution in [0.4, 0.5) is 0 Å². The standard InChI is InChI=1S/C17H21NO/c19-11-12-10-16-15(14-5-2-1-4-13(12)14)7-9-18-8-3-6-17(16)18/h1-2,4-5,12,17,19H,3,6-11H2/t12-,17+/m1/s1. The molecule has 0 unspecified atom stereocenters. The fraction of sp³-hybridized carbons (Fsp3) is 0.529. The number of hydrogen-bond acceptors (Lipinski definition) is 2. The second kappa shape index (κ2) is 4.46. The molecule has 0 radical (unpaired) electrons. The van der Waals surface area contributed by atoms with Crippen LogP contribution in [0.2, 0.25) is 0 Å². The zero-order valence-corrected chi connectivity index (χ0v) is 11.3. The van der Waals surface area contributed by atoms with E-state index in [-0.39, 0.29) is 6.61 Å². The van der Waals surface area contributed by atoms with Crippen LogP contribution in [0.25, 0.3) is 5.57 Å². The van der Waals surface area contributed by atoms with E-state index >= 15 is 0 Å². The molecule has 4 rings (SSSR count). The molecule has 0 spiro atoms. The molecule has 0 bridgehead atoms. The van der Waals surface area contributed by atoms with Crippen molar-refractivity contribution >= 4 is 5.57 Å². The Hall–Kier alpha value is -1.12. The number of nitrogens with zero attached hydrogens (tertiary/aromatic N) is 1. The molecule has 2 nitrogen and oxygen atoms in total. The lowest BCUT2D eigenvalue weighted by atomic mass is 9.74. The molecule has 2 heterocycles. The number of aliphatic hydroxyl groups is 1. The van der Waals surface area contributed by atoms with Gasteiger partial charge in [-0.05, 0) is 54.5 Å². The van der Waals surface area contributed by atoms with Gasteiger partial charge in [0.15, 0.2) is 0 Å². The normalized spacial score (nSPS) is 29.9. The highest BCUT2D eigenvalue weighted by molar-refractivity contribution is 5.75. The molecule has 0 amide bonds. The van der Waals surface area contributed by atoms with Gasteiger partial charge in [0, 0.05) is 18.5 Å². The lowest BCUT2D eigenvalue weighted by Crippen LogP contribution is -2.38. The maximum Gasteiger partial charge on any atom is 0.0503 e. The fourth-order valence-electron chi connectivity index (χ4n) is 4.34. The SMILES string of the molecule is OC[C@H]1CC2=C(CCN3CCC[C@@H]23)c2ccccc21. The van der Waals surface area contributed by atoms with E-state index in [1.807, 2.05) is 0 Å². The van der Waals surface area contributed by atoms with Gasteiger partial charge >= 0.3 is 0 Å². The number of aliphatic hydroxyl groups excluding tert-OH is 1. The van der Waals surface area contributed by atoms with Crippen molar-refractivity contribution in [3.63, 3.8) is 0 Å². The number of hydrogen-bond donors (Lipinski definition) is 1. The molecule has 1 aromatic carbocycles. The highest BCUT2D eigenvalue weighted by atomic mass is 16.3. The first-order chi connectivity index (χ1) is 9.38. The van der Waals surface area contributed by atoms with Gasteiger partial charge in [-0.25, -0.2) is 0 Å². The molecule has 1 aliphatic carbocycles. The van der Waals surface area contributed by atoms with E-state index in [0.29, 0.717) is 12.0 Å². The van der Waals surface area contributed by atoms with Crippen LogP contribution in [0, 0.1) is 0 Å². The summed E-state index contributed by atoms with van der Waals surface area (Å²) < 4.78 is 0. The van der Waals surface area contributed by atoms with Crippen molar-refractivity contribution in [1.29, 1.82) is 0 Å². The first-order valence-electron chi connectivity index (χ1n) is 7.54. The van der Waals surface area contributed by atoms with Gasteiger partial charge in [0.1, 0.15) is 0 Å². The van der Waals surface area contributed by atoms with Crippen molar-refractivity contribution < 1.29 is 5.11 Å². The molecule has 2 atom stereocenters. The van der Waals surface area contributed by atoms with Gasteiger partial charge in [0.2, 0.25) is 0 Å². The van der Waals surface area contributed by atoms with Crippen LogP contribution in [0.5, 0.6) is 0 Å². The Balaban J connectivity index is 1.84. The van der Waals surface area contributed by atoms with E-state index in [2.05, 4.69) is 29.2 Å². The molecule has 2 aliphatic heterocycles. The number of benzene rings is 1. The third-order valence-electron chi connectivity index (χ3n) is 5.21. The summed E-state index contributed by atoms with van der Waals surface area (Å²) in [7, 11) is 0. The highest BCUT2D eigenvalue weighted by Gasteiger charge is 2.37. The number of rotatable bonds is 1. The van der Waals surface area contributed by atoms with E-state index < -0.39 is 0 Å². The Kier molecular flexibility index (Phi) is 2.75. The maximum absolute atomic E-state index is 9.73. The zero-order chi connectivity index (χ0) is 12.8. The third-order valence-corrected chi connectivity index (χ3v) is 5.21. The largest absolute Gasteiger partial charge is 0.396 e. The van der Waals surface area contributed by atoms with E-state index in [9.17, 15) is 5.11 Å². The van der Waals surface area contributed by atoms with Gasteiger partial charge in [-0.2, -0.15) is 0 Å². The van der Waals surface area contributed by atoms with Gasteiger partial charge in [-0.15, -0.1) is 0 Å². The molecule has 1 aromatic rings. The van der Waals surface area contributed by atoms with Crippen molar-refractivity contribution in [1.82, 2.24) is 4.90 Å². The average Bonchev–Trinajstić information content (AvgIpc) is 2.95. The van der Waals surface area contributed by atoms with E-state index in [4.69, 9.17) is 0 Å². The summed E-state index contributed by atoms with van der Waals surface area (Å²) in [5.41, 5.74) is 6.04. The zero-order valence-electron chi connectivity index (χ0n) is 11.3. The minimum atomic E-state index is 0.278. The third kappa shape index (κ3) is 1.70. The number of fused-ring (bicyclic) bond motifs is 4. The average molecular weight is 255 g/mol. The maximum atomic E-state index is 9.73. The van der Waals surface area contributed by atoms with Crippen molar-refractivity contribution in [3.8, 4) is 0 Å². The van der Waals surface area contributed by atoms with E-state index in [0.717, 1.165) is 6.42 Å². The summed E-state index contributed by atoms with van der Waals surface area (Å²) >= 11 is 0. The molecule has 3 aliphatic rings. The molecular weight excluding hydrogens is 234 g/mol. The van der Waals surface area contributed by atoms with Crippen molar-refractivity contribution in [2.24, 2.45) is 0 Å². The first kappa shape index (κ1) is 11.7. The van der Waals surface area contributed by atoms with Crippen molar-refractivity contribution in [2.45, 2.75) is 37.6 Å². The van der Waals surface area contributed by atoms with Crippen LogP contribution in [0.15, 0.2) is 29.8 Å². The summed E-state index contributed by atoms with van der Waals surface area (Å²) in [5, 5.41) is 9.73. The summed E-state index contributed by atoms with van der Waals surface area (Å²) in [4.78, 5) is 2.65. The van der Waals surface area contributed by atoms with Crippen LogP contribution in [-0.2, 0) is 0 Å². The van der Waals surface area contributed by atoms with Crippen molar-refractivity contribution in [2.75, 3.05) is 19.7 Å². The minimum Gasteiger partial charge on any atom is -0.396 e. The topological polar surface area (TPSA) is 23.5 Å². The van der Waals surface area contributed by atoms with Gasteiger partial charge < -0.3 is 5.11 Å². The van der Waals surface area contributed by atoms with Gasteiger partial charge in [0.25, 0.3) is 0 Å². The highest BCUT2D eigenvalue weighted by Crippen LogP contribution is 2.46. The van der Waals surface area contributed by atoms with Crippen LogP contribution in [-0.4, -0.2) is 35.7 Å². The Morgan fingerprint density at radius 1 is 1.21 bits per heavy atom. The lowest BCUT2D eigenvalue weighted by molar-refractivity contribution is 0.241. The molecular formula is C17H21NO. The van der Waals surface area contributed by atoms with Gasteiger partial charge in [-0.3, -0.25) is 4.90 Å². The van der Waals surface area contributed by atoms with E-state index in [1.54, 1.807) is 11.1 Å². The molecule has 1 N–H and O–H groups in total. The Morgan fingerprint density at radius 2 is 2.11 bits per heavy atom. The van der Waals surface area contributed by atoms with Crippen LogP contribution < -0.4 is 0 Å². The Bertz CT molecular complexity index is 534. The monoisotopic (exact) mass is 255 g/mol. The Morgan fingerprint density at radius 3 is 3.00 bits per heavy atom. The molecule has 0 saturated carbocycles. The molecule has 2 heteroatoms. The first-order valence-corrected chi connectivity index (χ1v) is 7.54. The second-order valence-electron chi connectivity index (χ2n) is 6.12. The predicted octanol–water partition coefficient (Wildman–Crippen LogP) is 2.79. The minimum absolute atomic E-state index is 0.278. The smallest absolute Gasteiger partial charge is 0.0503 e. The summed E-state index contributed by atoms with van der Waals surface area (Å²) in [6, 6.07) is 9.39. The molecule has 1 fully saturated rings. The summed E-state index contributed by atoms with van der Waals surface area (Å²) in [5.74, 6) is 0.315. The van der Waals surface area contributed by atoms with E-state index in [1.165, 1.54) is 43.5 Å². The fourth-order valence-corrected chi connectivity index (χ4v) is 4.34. The Labute approximate surface area is 114 Å². The molecule has 100 valence electrons. The van der Waals surface area contributed by atoms with Crippen LogP contribution >= 0.6 is 0 Å². The molecule has 19 heavy (non-hydrogen) atoms. The second-order valence-corrected chi connectivity index (χ2v) is 6.12. The van der Waals surface area contributed by atoms with Gasteiger partial charge in [-0.1, -0.05) is 24.3 Å². The summed E-state index contributed by atoms with van der Waals surface area (Å²) in [6.07, 6.45) is 4.93. The van der Waals surface area contributed by atoms with Gasteiger partial charge in [0.05, 0.1) is 6.61 Å². The summed E-state index contributed by atoms with van der Waals surface area (Å²) in [6.45, 7) is 2.77. The molecule has 0 aromatic heterocycles. The van der Waals surface area contributed by atoms with Crippen LogP contribution in [0.3, 0.4) is 0 Å². The van der Waals surface area contributed by atoms with Crippen molar-refractivity contribution in [3.05, 3.63) is 41.0 Å². The van der Waals surface area contributed by atoms with Crippen LogP contribution in [0.1, 0.15) is 42.7 Å². The lowest BCUT2D eigenvalue weighted by Gasteiger charge is -2.39.